The second-order valence-corrected chi connectivity index (χ2v) is 4.53. The van der Waals surface area contributed by atoms with Crippen molar-refractivity contribution in [3.05, 3.63) is 35.7 Å². The number of rotatable bonds is 2. The minimum Gasteiger partial charge on any atom is -0.334 e. The lowest BCUT2D eigenvalue weighted by molar-refractivity contribution is 0.229. The lowest BCUT2D eigenvalue weighted by Crippen LogP contribution is -2.44. The molecule has 0 unspecified atom stereocenters. The highest BCUT2D eigenvalue weighted by Gasteiger charge is 2.39. The van der Waals surface area contributed by atoms with E-state index in [9.17, 15) is 8.78 Å². The van der Waals surface area contributed by atoms with Gasteiger partial charge in [-0.3, -0.25) is 0 Å². The molecule has 4 nitrogen and oxygen atoms in total. The van der Waals surface area contributed by atoms with Gasteiger partial charge in [0.2, 0.25) is 0 Å². The molecule has 0 spiro atoms. The van der Waals surface area contributed by atoms with Crippen molar-refractivity contribution in [1.82, 2.24) is 10.1 Å². The number of halogens is 2. The maximum Gasteiger partial charge on any atom is 0.261 e. The maximum atomic E-state index is 13.6. The van der Waals surface area contributed by atoms with Crippen LogP contribution >= 0.6 is 0 Å². The van der Waals surface area contributed by atoms with Crippen molar-refractivity contribution >= 4 is 0 Å². The molecule has 6 heteroatoms. The van der Waals surface area contributed by atoms with Crippen LogP contribution in [0.25, 0.3) is 11.5 Å². The zero-order valence-electron chi connectivity index (χ0n) is 9.49. The van der Waals surface area contributed by atoms with Gasteiger partial charge in [0.25, 0.3) is 5.89 Å². The van der Waals surface area contributed by atoms with Crippen LogP contribution in [-0.2, 0) is 5.54 Å². The Bertz CT molecular complexity index is 593. The van der Waals surface area contributed by atoms with Crippen LogP contribution in [0.15, 0.2) is 22.7 Å². The summed E-state index contributed by atoms with van der Waals surface area (Å²) in [7, 11) is 0. The number of nitrogens with zero attached hydrogens (tertiary/aromatic N) is 2. The molecule has 0 saturated heterocycles. The first kappa shape index (κ1) is 11.3. The van der Waals surface area contributed by atoms with Gasteiger partial charge in [0.05, 0.1) is 11.1 Å². The van der Waals surface area contributed by atoms with Gasteiger partial charge in [-0.25, -0.2) is 8.78 Å². The molecule has 1 aliphatic rings. The third kappa shape index (κ3) is 1.60. The predicted molar refractivity (Wildman–Crippen MR) is 59.4 cm³/mol. The quantitative estimate of drug-likeness (QED) is 0.889. The summed E-state index contributed by atoms with van der Waals surface area (Å²) in [5.74, 6) is -1.63. The molecule has 0 atom stereocenters. The Balaban J connectivity index is 2.00. The summed E-state index contributed by atoms with van der Waals surface area (Å²) in [6, 6.07) is 3.81. The van der Waals surface area contributed by atoms with Gasteiger partial charge in [0.15, 0.2) is 17.5 Å². The molecule has 1 saturated carbocycles. The molecular formula is C12H11F2N3O. The van der Waals surface area contributed by atoms with Crippen molar-refractivity contribution in [1.29, 1.82) is 0 Å². The highest BCUT2D eigenvalue weighted by molar-refractivity contribution is 5.53. The predicted octanol–water partition coefficient (Wildman–Crippen LogP) is 2.35. The van der Waals surface area contributed by atoms with E-state index in [0.717, 1.165) is 25.3 Å². The summed E-state index contributed by atoms with van der Waals surface area (Å²) < 4.78 is 31.6. The average Bonchev–Trinajstić information content (AvgIpc) is 2.79. The molecule has 18 heavy (non-hydrogen) atoms. The first-order chi connectivity index (χ1) is 8.60. The summed E-state index contributed by atoms with van der Waals surface area (Å²) in [5, 5.41) is 3.76. The van der Waals surface area contributed by atoms with Gasteiger partial charge in [-0.1, -0.05) is 11.2 Å². The Morgan fingerprint density at radius 3 is 2.72 bits per heavy atom. The third-order valence-electron chi connectivity index (χ3n) is 3.30. The molecule has 0 radical (unpaired) electrons. The lowest BCUT2D eigenvalue weighted by atomic mass is 9.77. The smallest absolute Gasteiger partial charge is 0.261 e. The summed E-state index contributed by atoms with van der Waals surface area (Å²) in [6.07, 6.45) is 2.56. The molecule has 0 amide bonds. The second kappa shape index (κ2) is 3.84. The van der Waals surface area contributed by atoms with Crippen molar-refractivity contribution in [2.24, 2.45) is 5.73 Å². The van der Waals surface area contributed by atoms with E-state index < -0.39 is 17.2 Å². The Labute approximate surface area is 102 Å². The number of aromatic nitrogens is 2. The fourth-order valence-electron chi connectivity index (χ4n) is 1.99. The van der Waals surface area contributed by atoms with Crippen molar-refractivity contribution in [2.45, 2.75) is 24.8 Å². The number of benzene rings is 1. The zero-order valence-corrected chi connectivity index (χ0v) is 9.49. The van der Waals surface area contributed by atoms with Gasteiger partial charge < -0.3 is 10.3 Å². The Kier molecular flexibility index (Phi) is 2.41. The van der Waals surface area contributed by atoms with Gasteiger partial charge in [0.1, 0.15) is 0 Å². The topological polar surface area (TPSA) is 64.9 Å². The molecule has 2 aromatic rings. The van der Waals surface area contributed by atoms with Crippen LogP contribution in [0.1, 0.15) is 25.1 Å². The van der Waals surface area contributed by atoms with Crippen LogP contribution in [0.4, 0.5) is 8.78 Å². The zero-order chi connectivity index (χ0) is 12.8. The largest absolute Gasteiger partial charge is 0.334 e. The van der Waals surface area contributed by atoms with Gasteiger partial charge in [-0.05, 0) is 31.4 Å². The molecule has 0 bridgehead atoms. The van der Waals surface area contributed by atoms with Gasteiger partial charge in [0, 0.05) is 0 Å². The van der Waals surface area contributed by atoms with Crippen LogP contribution in [0.5, 0.6) is 0 Å². The molecule has 1 fully saturated rings. The minimum atomic E-state index is -0.993. The van der Waals surface area contributed by atoms with Crippen molar-refractivity contribution < 1.29 is 13.3 Å². The van der Waals surface area contributed by atoms with E-state index in [0.29, 0.717) is 5.82 Å². The summed E-state index contributed by atoms with van der Waals surface area (Å²) in [6.45, 7) is 0. The SMILES string of the molecule is NC1(c2noc(-c3cccc(F)c3F)n2)CCC1. The first-order valence-corrected chi connectivity index (χ1v) is 5.68. The molecule has 1 aliphatic carbocycles. The number of nitrogens with two attached hydrogens (primary N) is 1. The molecule has 2 N–H and O–H groups in total. The van der Waals surface area contributed by atoms with E-state index >= 15 is 0 Å². The normalized spacial score (nSPS) is 17.5. The Morgan fingerprint density at radius 1 is 1.28 bits per heavy atom. The van der Waals surface area contributed by atoms with Gasteiger partial charge in [-0.15, -0.1) is 0 Å². The van der Waals surface area contributed by atoms with Crippen molar-refractivity contribution in [2.75, 3.05) is 0 Å². The summed E-state index contributed by atoms with van der Waals surface area (Å²) in [5.41, 5.74) is 5.41. The minimum absolute atomic E-state index is 0.0428. The van der Waals surface area contributed by atoms with Crippen molar-refractivity contribution in [3.8, 4) is 11.5 Å². The third-order valence-corrected chi connectivity index (χ3v) is 3.30. The van der Waals surface area contributed by atoms with Gasteiger partial charge >= 0.3 is 0 Å². The number of hydrogen-bond donors (Lipinski definition) is 1. The van der Waals surface area contributed by atoms with Gasteiger partial charge in [-0.2, -0.15) is 4.98 Å². The number of hydrogen-bond acceptors (Lipinski definition) is 4. The fourth-order valence-corrected chi connectivity index (χ4v) is 1.99. The van der Waals surface area contributed by atoms with E-state index in [2.05, 4.69) is 10.1 Å². The van der Waals surface area contributed by atoms with E-state index in [1.807, 2.05) is 0 Å². The molecule has 94 valence electrons. The van der Waals surface area contributed by atoms with Crippen LogP contribution in [0, 0.1) is 11.6 Å². The first-order valence-electron chi connectivity index (χ1n) is 5.68. The van der Waals surface area contributed by atoms with Crippen LogP contribution in [0.2, 0.25) is 0 Å². The van der Waals surface area contributed by atoms with Crippen LogP contribution in [0.3, 0.4) is 0 Å². The molecule has 3 rings (SSSR count). The Hall–Kier alpha value is -1.82. The van der Waals surface area contributed by atoms with E-state index in [1.165, 1.54) is 12.1 Å². The Morgan fingerprint density at radius 2 is 2.06 bits per heavy atom. The average molecular weight is 251 g/mol. The molecular weight excluding hydrogens is 240 g/mol. The monoisotopic (exact) mass is 251 g/mol. The molecule has 0 aliphatic heterocycles. The summed E-state index contributed by atoms with van der Waals surface area (Å²) >= 11 is 0. The lowest BCUT2D eigenvalue weighted by Gasteiger charge is -2.34. The van der Waals surface area contributed by atoms with Crippen LogP contribution < -0.4 is 5.73 Å². The highest BCUT2D eigenvalue weighted by Crippen LogP contribution is 2.37. The van der Waals surface area contributed by atoms with Crippen LogP contribution in [-0.4, -0.2) is 10.1 Å². The highest BCUT2D eigenvalue weighted by atomic mass is 19.2. The second-order valence-electron chi connectivity index (χ2n) is 4.53. The van der Waals surface area contributed by atoms with E-state index in [1.54, 1.807) is 0 Å². The summed E-state index contributed by atoms with van der Waals surface area (Å²) in [4.78, 5) is 4.07. The standard InChI is InChI=1S/C12H11F2N3O/c13-8-4-1-3-7(9(8)14)10-16-11(17-18-10)12(15)5-2-6-12/h1,3-4H,2,5-6,15H2. The maximum absolute atomic E-state index is 13.6. The molecule has 1 aromatic heterocycles. The van der Waals surface area contributed by atoms with Crippen molar-refractivity contribution in [3.63, 3.8) is 0 Å². The molecule has 1 aromatic carbocycles. The molecule has 1 heterocycles. The van der Waals surface area contributed by atoms with E-state index in [4.69, 9.17) is 10.3 Å². The van der Waals surface area contributed by atoms with E-state index in [-0.39, 0.29) is 11.5 Å². The fraction of sp³-hybridized carbons (Fsp3) is 0.333.